The van der Waals surface area contributed by atoms with Crippen LogP contribution in [0, 0.1) is 0 Å². The van der Waals surface area contributed by atoms with Crippen LogP contribution >= 0.6 is 0 Å². The number of carboxylic acids is 1. The molecule has 2 N–H and O–H groups in total. The quantitative estimate of drug-likeness (QED) is 0.681. The van der Waals surface area contributed by atoms with Gasteiger partial charge in [-0.3, -0.25) is 4.79 Å². The van der Waals surface area contributed by atoms with Gasteiger partial charge in [-0.15, -0.1) is 0 Å². The van der Waals surface area contributed by atoms with Gasteiger partial charge in [0, 0.05) is 12.5 Å². The minimum atomic E-state index is -1.16. The number of nitrogens with one attached hydrogen (secondary N) is 1. The fourth-order valence-corrected chi connectivity index (χ4v) is 5.70. The van der Waals surface area contributed by atoms with E-state index in [1.165, 1.54) is 4.90 Å². The Morgan fingerprint density at radius 2 is 1.63 bits per heavy atom. The molecule has 8 heteroatoms. The van der Waals surface area contributed by atoms with Crippen molar-refractivity contribution in [2.75, 3.05) is 26.4 Å². The first kappa shape index (κ1) is 23.4. The highest BCUT2D eigenvalue weighted by atomic mass is 16.5. The summed E-state index contributed by atoms with van der Waals surface area (Å²) in [5, 5.41) is 12.5. The highest BCUT2D eigenvalue weighted by molar-refractivity contribution is 5.93. The van der Waals surface area contributed by atoms with Gasteiger partial charge in [0.15, 0.2) is 6.04 Å². The molecule has 2 aliphatic carbocycles. The number of alkyl carbamates (subject to hydrolysis) is 1. The first-order chi connectivity index (χ1) is 17.0. The smallest absolute Gasteiger partial charge is 0.408 e. The Balaban J connectivity index is 1.32. The molecule has 3 aliphatic rings. The molecule has 8 nitrogen and oxygen atoms in total. The van der Waals surface area contributed by atoms with E-state index in [2.05, 4.69) is 29.6 Å². The average molecular weight is 479 g/mol. The third-order valence-corrected chi connectivity index (χ3v) is 7.48. The van der Waals surface area contributed by atoms with Crippen molar-refractivity contribution in [2.45, 2.75) is 49.6 Å². The third-order valence-electron chi connectivity index (χ3n) is 7.48. The fraction of sp³-hybridized carbons (Fsp3) is 0.444. The summed E-state index contributed by atoms with van der Waals surface area (Å²) in [7, 11) is 0. The number of benzene rings is 2. The fourth-order valence-electron chi connectivity index (χ4n) is 5.70. The predicted octanol–water partition coefficient (Wildman–Crippen LogP) is 3.54. The maximum Gasteiger partial charge on any atom is 0.408 e. The number of rotatable bonds is 5. The maximum atomic E-state index is 13.6. The molecule has 5 rings (SSSR count). The molecule has 1 heterocycles. The second kappa shape index (κ2) is 9.70. The zero-order chi connectivity index (χ0) is 24.4. The van der Waals surface area contributed by atoms with E-state index in [9.17, 15) is 19.5 Å². The number of hydrogen-bond donors (Lipinski definition) is 2. The van der Waals surface area contributed by atoms with Crippen LogP contribution < -0.4 is 5.32 Å². The molecule has 2 aromatic rings. The van der Waals surface area contributed by atoms with E-state index in [1.807, 2.05) is 24.3 Å². The van der Waals surface area contributed by atoms with Gasteiger partial charge in [-0.1, -0.05) is 67.8 Å². The van der Waals surface area contributed by atoms with Gasteiger partial charge in [0.05, 0.1) is 13.2 Å². The number of morpholine rings is 1. The molecule has 1 aliphatic heterocycles. The van der Waals surface area contributed by atoms with Crippen LogP contribution in [0.15, 0.2) is 48.5 Å². The van der Waals surface area contributed by atoms with E-state index in [0.29, 0.717) is 12.8 Å². The minimum Gasteiger partial charge on any atom is -0.480 e. The van der Waals surface area contributed by atoms with Gasteiger partial charge in [-0.25, -0.2) is 9.59 Å². The van der Waals surface area contributed by atoms with E-state index >= 15 is 0 Å². The summed E-state index contributed by atoms with van der Waals surface area (Å²) in [6.07, 6.45) is 2.78. The summed E-state index contributed by atoms with van der Waals surface area (Å²) in [4.78, 5) is 39.8. The highest BCUT2D eigenvalue weighted by Crippen LogP contribution is 2.44. The van der Waals surface area contributed by atoms with Crippen molar-refractivity contribution < 1.29 is 29.0 Å². The van der Waals surface area contributed by atoms with E-state index < -0.39 is 23.6 Å². The van der Waals surface area contributed by atoms with Crippen molar-refractivity contribution in [2.24, 2.45) is 0 Å². The zero-order valence-corrected chi connectivity index (χ0v) is 19.6. The molecule has 2 amide bonds. The van der Waals surface area contributed by atoms with Crippen molar-refractivity contribution >= 4 is 18.0 Å². The first-order valence-electron chi connectivity index (χ1n) is 12.2. The molecular formula is C27H30N2O6. The van der Waals surface area contributed by atoms with Gasteiger partial charge in [0.25, 0.3) is 0 Å². The van der Waals surface area contributed by atoms with Gasteiger partial charge >= 0.3 is 12.1 Å². The summed E-state index contributed by atoms with van der Waals surface area (Å²) >= 11 is 0. The third kappa shape index (κ3) is 4.38. The summed E-state index contributed by atoms with van der Waals surface area (Å²) in [5.74, 6) is -1.55. The molecule has 184 valence electrons. The normalized spacial score (nSPS) is 21.0. The molecule has 1 unspecified atom stereocenters. The minimum absolute atomic E-state index is 0.0535. The predicted molar refractivity (Wildman–Crippen MR) is 128 cm³/mol. The molecule has 2 aromatic carbocycles. The Kier molecular flexibility index (Phi) is 6.47. The SMILES string of the molecule is O=C(NC1(C(=O)N2CCOCC2C(=O)O)CCCCC1)OCC1c2ccccc2-c2ccccc21. The van der Waals surface area contributed by atoms with Gasteiger partial charge in [-0.2, -0.15) is 0 Å². The van der Waals surface area contributed by atoms with Crippen LogP contribution in [0.5, 0.6) is 0 Å². The van der Waals surface area contributed by atoms with E-state index in [0.717, 1.165) is 41.5 Å². The summed E-state index contributed by atoms with van der Waals surface area (Å²) < 4.78 is 11.0. The van der Waals surface area contributed by atoms with Gasteiger partial charge in [-0.05, 0) is 35.1 Å². The number of ether oxygens (including phenoxy) is 2. The number of carbonyl (C=O) groups excluding carboxylic acids is 2. The lowest BCUT2D eigenvalue weighted by molar-refractivity contribution is -0.162. The first-order valence-corrected chi connectivity index (χ1v) is 12.2. The van der Waals surface area contributed by atoms with Gasteiger partial charge in [0.1, 0.15) is 12.1 Å². The number of nitrogens with zero attached hydrogens (tertiary/aromatic N) is 1. The lowest BCUT2D eigenvalue weighted by Crippen LogP contribution is -2.65. The Morgan fingerprint density at radius 1 is 1.00 bits per heavy atom. The Morgan fingerprint density at radius 3 is 2.26 bits per heavy atom. The van der Waals surface area contributed by atoms with Crippen LogP contribution in [0.2, 0.25) is 0 Å². The van der Waals surface area contributed by atoms with Crippen LogP contribution in [0.25, 0.3) is 11.1 Å². The molecule has 0 aromatic heterocycles. The molecule has 1 atom stereocenters. The average Bonchev–Trinajstić information content (AvgIpc) is 3.21. The lowest BCUT2D eigenvalue weighted by Gasteiger charge is -2.43. The Bertz CT molecular complexity index is 1080. The van der Waals surface area contributed by atoms with Crippen molar-refractivity contribution in [3.63, 3.8) is 0 Å². The molecular weight excluding hydrogens is 448 g/mol. The monoisotopic (exact) mass is 478 g/mol. The number of fused-ring (bicyclic) bond motifs is 3. The van der Waals surface area contributed by atoms with Gasteiger partial charge in [0.2, 0.25) is 5.91 Å². The Hall–Kier alpha value is -3.39. The molecule has 0 bridgehead atoms. The number of hydrogen-bond acceptors (Lipinski definition) is 5. The van der Waals surface area contributed by atoms with E-state index in [-0.39, 0.29) is 38.2 Å². The van der Waals surface area contributed by atoms with Crippen LogP contribution in [-0.2, 0) is 19.1 Å². The highest BCUT2D eigenvalue weighted by Gasteiger charge is 2.47. The topological polar surface area (TPSA) is 105 Å². The summed E-state index contributed by atoms with van der Waals surface area (Å²) in [6, 6.07) is 15.2. The molecule has 2 fully saturated rings. The molecule has 0 spiro atoms. The van der Waals surface area contributed by atoms with Crippen molar-refractivity contribution in [3.8, 4) is 11.1 Å². The maximum absolute atomic E-state index is 13.6. The number of amides is 2. The summed E-state index contributed by atoms with van der Waals surface area (Å²) in [5.41, 5.74) is 3.35. The zero-order valence-electron chi connectivity index (χ0n) is 19.6. The van der Waals surface area contributed by atoms with Crippen LogP contribution in [0.1, 0.15) is 49.1 Å². The van der Waals surface area contributed by atoms with Crippen LogP contribution in [0.3, 0.4) is 0 Å². The van der Waals surface area contributed by atoms with Crippen LogP contribution in [-0.4, -0.2) is 65.9 Å². The molecule has 35 heavy (non-hydrogen) atoms. The number of carbonyl (C=O) groups is 3. The van der Waals surface area contributed by atoms with Crippen LogP contribution in [0.4, 0.5) is 4.79 Å². The molecule has 1 saturated carbocycles. The second-order valence-corrected chi connectivity index (χ2v) is 9.52. The van der Waals surface area contributed by atoms with Gasteiger partial charge < -0.3 is 24.8 Å². The molecule has 0 radical (unpaired) electrons. The number of aliphatic carboxylic acids is 1. The van der Waals surface area contributed by atoms with Crippen molar-refractivity contribution in [1.29, 1.82) is 0 Å². The number of carboxylic acid groups (broad SMARTS) is 1. The van der Waals surface area contributed by atoms with E-state index in [4.69, 9.17) is 9.47 Å². The molecule has 1 saturated heterocycles. The summed E-state index contributed by atoms with van der Waals surface area (Å²) in [6.45, 7) is 0.558. The lowest BCUT2D eigenvalue weighted by atomic mass is 9.80. The van der Waals surface area contributed by atoms with Crippen molar-refractivity contribution in [1.82, 2.24) is 10.2 Å². The largest absolute Gasteiger partial charge is 0.480 e. The van der Waals surface area contributed by atoms with E-state index in [1.54, 1.807) is 0 Å². The standard InChI is InChI=1S/C27H30N2O6/c30-24(31)23-17-34-15-14-29(23)25(32)27(12-6-1-7-13-27)28-26(33)35-16-22-20-10-4-2-8-18(20)19-9-3-5-11-21(19)22/h2-5,8-11,22-23H,1,6-7,12-17H2,(H,28,33)(H,30,31). The Labute approximate surface area is 204 Å². The van der Waals surface area contributed by atoms with Crippen molar-refractivity contribution in [3.05, 3.63) is 59.7 Å². The second-order valence-electron chi connectivity index (χ2n) is 9.52.